The topological polar surface area (TPSA) is 54.0 Å². The van der Waals surface area contributed by atoms with Crippen molar-refractivity contribution in [3.8, 4) is 0 Å². The maximum atomic E-state index is 12.4. The van der Waals surface area contributed by atoms with Crippen LogP contribution < -0.4 is 10.6 Å². The molecule has 1 aromatic heterocycles. The average Bonchev–Trinajstić information content (AvgIpc) is 2.61. The molecule has 1 amide bonds. The number of nitrogens with one attached hydrogen (secondary N) is 2. The minimum Gasteiger partial charge on any atom is -0.353 e. The van der Waals surface area contributed by atoms with E-state index < -0.39 is 0 Å². The molecule has 6 heteroatoms. The Balaban J connectivity index is 1.77. The summed E-state index contributed by atoms with van der Waals surface area (Å²) in [7, 11) is 0. The molecule has 2 N–H and O–H groups in total. The summed E-state index contributed by atoms with van der Waals surface area (Å²) in [4.78, 5) is 16.5. The zero-order chi connectivity index (χ0) is 17.8. The Kier molecular flexibility index (Phi) is 5.22. The van der Waals surface area contributed by atoms with E-state index >= 15 is 0 Å². The Bertz CT molecular complexity index is 911. The summed E-state index contributed by atoms with van der Waals surface area (Å²) < 4.78 is 0. The fourth-order valence-corrected chi connectivity index (χ4v) is 2.58. The van der Waals surface area contributed by atoms with Crippen LogP contribution in [-0.4, -0.2) is 10.9 Å². The Morgan fingerprint density at radius 3 is 2.52 bits per heavy atom. The summed E-state index contributed by atoms with van der Waals surface area (Å²) >= 11 is 12.2. The first-order valence-electron chi connectivity index (χ1n) is 7.57. The van der Waals surface area contributed by atoms with Crippen LogP contribution in [0.3, 0.4) is 0 Å². The van der Waals surface area contributed by atoms with E-state index in [1.165, 1.54) is 6.20 Å². The smallest absolute Gasteiger partial charge is 0.257 e. The SMILES string of the molecule is Cc1ccc(NC(=O)c2cncc(Nc3cccc(Cl)c3Cl)c2)cc1. The summed E-state index contributed by atoms with van der Waals surface area (Å²) in [5, 5.41) is 6.83. The largest absolute Gasteiger partial charge is 0.353 e. The van der Waals surface area contributed by atoms with Crippen molar-refractivity contribution in [3.63, 3.8) is 0 Å². The van der Waals surface area contributed by atoms with Gasteiger partial charge in [-0.2, -0.15) is 0 Å². The number of hydrogen-bond donors (Lipinski definition) is 2. The molecule has 0 bridgehead atoms. The molecule has 0 fully saturated rings. The quantitative estimate of drug-likeness (QED) is 0.618. The number of carbonyl (C=O) groups is 1. The average molecular weight is 372 g/mol. The molecule has 0 saturated heterocycles. The Morgan fingerprint density at radius 2 is 1.76 bits per heavy atom. The lowest BCUT2D eigenvalue weighted by molar-refractivity contribution is 0.102. The van der Waals surface area contributed by atoms with Crippen LogP contribution in [0.15, 0.2) is 60.9 Å². The van der Waals surface area contributed by atoms with E-state index in [2.05, 4.69) is 15.6 Å². The third kappa shape index (κ3) is 4.29. The predicted molar refractivity (Wildman–Crippen MR) is 103 cm³/mol. The molecule has 0 radical (unpaired) electrons. The maximum absolute atomic E-state index is 12.4. The first kappa shape index (κ1) is 17.3. The molecule has 25 heavy (non-hydrogen) atoms. The molecular formula is C19H15Cl2N3O. The lowest BCUT2D eigenvalue weighted by atomic mass is 10.2. The molecule has 0 unspecified atom stereocenters. The second-order valence-electron chi connectivity index (χ2n) is 5.51. The van der Waals surface area contributed by atoms with Gasteiger partial charge in [0.1, 0.15) is 0 Å². The van der Waals surface area contributed by atoms with Gasteiger partial charge in [0.05, 0.1) is 33.2 Å². The second kappa shape index (κ2) is 7.55. The van der Waals surface area contributed by atoms with Crippen molar-refractivity contribution in [2.45, 2.75) is 6.92 Å². The van der Waals surface area contributed by atoms with E-state index in [9.17, 15) is 4.79 Å². The van der Waals surface area contributed by atoms with Crippen LogP contribution in [0.4, 0.5) is 17.1 Å². The maximum Gasteiger partial charge on any atom is 0.257 e. The van der Waals surface area contributed by atoms with Gasteiger partial charge in [-0.05, 0) is 37.3 Å². The molecule has 4 nitrogen and oxygen atoms in total. The summed E-state index contributed by atoms with van der Waals surface area (Å²) in [6.07, 6.45) is 3.12. The summed E-state index contributed by atoms with van der Waals surface area (Å²) in [5.74, 6) is -0.239. The third-order valence-corrected chi connectivity index (χ3v) is 4.36. The normalized spacial score (nSPS) is 10.4. The zero-order valence-corrected chi connectivity index (χ0v) is 14.9. The molecule has 0 aliphatic heterocycles. The summed E-state index contributed by atoms with van der Waals surface area (Å²) in [5.41, 5.74) is 3.58. The van der Waals surface area contributed by atoms with Crippen molar-refractivity contribution in [2.24, 2.45) is 0 Å². The number of hydrogen-bond acceptors (Lipinski definition) is 3. The van der Waals surface area contributed by atoms with Gasteiger partial charge in [0.2, 0.25) is 0 Å². The van der Waals surface area contributed by atoms with Crippen LogP contribution in [0.2, 0.25) is 10.0 Å². The van der Waals surface area contributed by atoms with E-state index in [-0.39, 0.29) is 5.91 Å². The van der Waals surface area contributed by atoms with Gasteiger partial charge in [0, 0.05) is 11.9 Å². The number of pyridine rings is 1. The third-order valence-electron chi connectivity index (χ3n) is 3.54. The monoisotopic (exact) mass is 371 g/mol. The Labute approximate surface area is 155 Å². The van der Waals surface area contributed by atoms with Gasteiger partial charge in [-0.1, -0.05) is 47.0 Å². The fraction of sp³-hybridized carbons (Fsp3) is 0.0526. The van der Waals surface area contributed by atoms with Gasteiger partial charge in [0.25, 0.3) is 5.91 Å². The fourth-order valence-electron chi connectivity index (χ4n) is 2.23. The predicted octanol–water partition coefficient (Wildman–Crippen LogP) is 5.69. The molecular weight excluding hydrogens is 357 g/mol. The van der Waals surface area contributed by atoms with Gasteiger partial charge in [0.15, 0.2) is 0 Å². The minimum absolute atomic E-state index is 0.239. The lowest BCUT2D eigenvalue weighted by Gasteiger charge is -2.10. The van der Waals surface area contributed by atoms with Crippen molar-refractivity contribution in [2.75, 3.05) is 10.6 Å². The number of amides is 1. The minimum atomic E-state index is -0.239. The molecule has 2 aromatic carbocycles. The Hall–Kier alpha value is -2.56. The van der Waals surface area contributed by atoms with Gasteiger partial charge in [-0.15, -0.1) is 0 Å². The van der Waals surface area contributed by atoms with Gasteiger partial charge < -0.3 is 10.6 Å². The molecule has 0 saturated carbocycles. The molecule has 3 rings (SSSR count). The van der Waals surface area contributed by atoms with Crippen molar-refractivity contribution < 1.29 is 4.79 Å². The number of rotatable bonds is 4. The highest BCUT2D eigenvalue weighted by atomic mass is 35.5. The van der Waals surface area contributed by atoms with E-state index in [0.717, 1.165) is 11.3 Å². The highest BCUT2D eigenvalue weighted by Gasteiger charge is 2.09. The number of nitrogens with zero attached hydrogens (tertiary/aromatic N) is 1. The van der Waals surface area contributed by atoms with Crippen LogP contribution in [0.1, 0.15) is 15.9 Å². The highest BCUT2D eigenvalue weighted by molar-refractivity contribution is 6.43. The molecule has 3 aromatic rings. The van der Waals surface area contributed by atoms with Crippen LogP contribution in [0, 0.1) is 6.92 Å². The van der Waals surface area contributed by atoms with Crippen molar-refractivity contribution in [1.82, 2.24) is 4.98 Å². The first-order valence-corrected chi connectivity index (χ1v) is 8.32. The number of carbonyl (C=O) groups excluding carboxylic acids is 1. The molecule has 0 spiro atoms. The van der Waals surface area contributed by atoms with Gasteiger partial charge in [-0.25, -0.2) is 0 Å². The molecule has 0 aliphatic rings. The summed E-state index contributed by atoms with van der Waals surface area (Å²) in [6.45, 7) is 1.99. The number of anilines is 3. The second-order valence-corrected chi connectivity index (χ2v) is 6.29. The molecule has 0 atom stereocenters. The number of benzene rings is 2. The zero-order valence-electron chi connectivity index (χ0n) is 13.4. The van der Waals surface area contributed by atoms with Crippen molar-refractivity contribution >= 4 is 46.2 Å². The standard InChI is InChI=1S/C19H15Cl2N3O/c1-12-5-7-14(8-6-12)24-19(25)13-9-15(11-22-10-13)23-17-4-2-3-16(20)18(17)21/h2-11,23H,1H3,(H,24,25). The number of aromatic nitrogens is 1. The van der Waals surface area contributed by atoms with Gasteiger partial charge in [-0.3, -0.25) is 9.78 Å². The van der Waals surface area contributed by atoms with E-state index in [0.29, 0.717) is 27.0 Å². The molecule has 126 valence electrons. The van der Waals surface area contributed by atoms with Crippen LogP contribution in [0.5, 0.6) is 0 Å². The first-order chi connectivity index (χ1) is 12.0. The van der Waals surface area contributed by atoms with E-state index in [4.69, 9.17) is 23.2 Å². The molecule has 0 aliphatic carbocycles. The number of halogens is 2. The van der Waals surface area contributed by atoms with Crippen LogP contribution in [-0.2, 0) is 0 Å². The summed E-state index contributed by atoms with van der Waals surface area (Å²) in [6, 6.07) is 14.6. The van der Waals surface area contributed by atoms with Crippen LogP contribution >= 0.6 is 23.2 Å². The van der Waals surface area contributed by atoms with Gasteiger partial charge >= 0.3 is 0 Å². The number of aryl methyl sites for hydroxylation is 1. The van der Waals surface area contributed by atoms with E-state index in [1.807, 2.05) is 31.2 Å². The Morgan fingerprint density at radius 1 is 1.00 bits per heavy atom. The lowest BCUT2D eigenvalue weighted by Crippen LogP contribution is -2.12. The van der Waals surface area contributed by atoms with Crippen LogP contribution in [0.25, 0.3) is 0 Å². The van der Waals surface area contributed by atoms with Crippen molar-refractivity contribution in [1.29, 1.82) is 0 Å². The van der Waals surface area contributed by atoms with E-state index in [1.54, 1.807) is 30.5 Å². The van der Waals surface area contributed by atoms with Crippen molar-refractivity contribution in [3.05, 3.63) is 82.1 Å². The highest BCUT2D eigenvalue weighted by Crippen LogP contribution is 2.31. The molecule has 1 heterocycles.